The Kier molecular flexibility index (Phi) is 6.56. The highest BCUT2D eigenvalue weighted by Crippen LogP contribution is 2.13. The number of rotatable bonds is 7. The van der Waals surface area contributed by atoms with Crippen LogP contribution in [0, 0.1) is 0 Å². The van der Waals surface area contributed by atoms with E-state index in [0.717, 1.165) is 12.0 Å². The van der Waals surface area contributed by atoms with Crippen LogP contribution in [-0.4, -0.2) is 43.6 Å². The molecule has 1 rings (SSSR count). The van der Waals surface area contributed by atoms with Gasteiger partial charge in [-0.25, -0.2) is 0 Å². The van der Waals surface area contributed by atoms with E-state index in [1.807, 2.05) is 18.2 Å². The quantitative estimate of drug-likeness (QED) is 0.712. The number of hydrogen-bond donors (Lipinski definition) is 0. The first kappa shape index (κ1) is 16.0. The van der Waals surface area contributed by atoms with Gasteiger partial charge in [-0.1, -0.05) is 19.1 Å². The summed E-state index contributed by atoms with van der Waals surface area (Å²) in [7, 11) is 1.55. The molecular formula is C15H21NO4. The van der Waals surface area contributed by atoms with E-state index < -0.39 is 5.97 Å². The van der Waals surface area contributed by atoms with Crippen molar-refractivity contribution in [3.63, 3.8) is 0 Å². The molecule has 0 aliphatic rings. The van der Waals surface area contributed by atoms with E-state index in [1.54, 1.807) is 20.0 Å². The SMILES string of the molecule is CCOC(=O)CN(C)C(=O)COc1cccc(CC)c1. The Morgan fingerprint density at radius 2 is 2.00 bits per heavy atom. The van der Waals surface area contributed by atoms with Gasteiger partial charge in [0.15, 0.2) is 6.61 Å². The Morgan fingerprint density at radius 3 is 2.65 bits per heavy atom. The van der Waals surface area contributed by atoms with Crippen LogP contribution in [0.5, 0.6) is 5.75 Å². The van der Waals surface area contributed by atoms with Crippen LogP contribution >= 0.6 is 0 Å². The highest BCUT2D eigenvalue weighted by Gasteiger charge is 2.14. The van der Waals surface area contributed by atoms with Crippen LogP contribution in [0.4, 0.5) is 0 Å². The summed E-state index contributed by atoms with van der Waals surface area (Å²) in [5.41, 5.74) is 1.15. The van der Waals surface area contributed by atoms with Crippen LogP contribution in [0.2, 0.25) is 0 Å². The van der Waals surface area contributed by atoms with Crippen molar-refractivity contribution in [2.45, 2.75) is 20.3 Å². The third kappa shape index (κ3) is 5.30. The molecule has 0 aliphatic carbocycles. The molecule has 0 N–H and O–H groups in total. The molecule has 0 bridgehead atoms. The van der Waals surface area contributed by atoms with Gasteiger partial charge in [0.05, 0.1) is 6.61 Å². The number of hydrogen-bond acceptors (Lipinski definition) is 4. The minimum Gasteiger partial charge on any atom is -0.484 e. The largest absolute Gasteiger partial charge is 0.484 e. The lowest BCUT2D eigenvalue weighted by Crippen LogP contribution is -2.36. The molecule has 0 atom stereocenters. The molecule has 1 aromatic carbocycles. The van der Waals surface area contributed by atoms with Crippen LogP contribution in [0.25, 0.3) is 0 Å². The zero-order valence-electron chi connectivity index (χ0n) is 12.2. The van der Waals surface area contributed by atoms with E-state index in [2.05, 4.69) is 6.92 Å². The van der Waals surface area contributed by atoms with Gasteiger partial charge in [0.2, 0.25) is 0 Å². The second kappa shape index (κ2) is 8.19. The first-order chi connectivity index (χ1) is 9.56. The van der Waals surface area contributed by atoms with Crippen molar-refractivity contribution in [1.82, 2.24) is 4.90 Å². The number of nitrogens with zero attached hydrogens (tertiary/aromatic N) is 1. The van der Waals surface area contributed by atoms with Crippen LogP contribution in [0.3, 0.4) is 0 Å². The fourth-order valence-electron chi connectivity index (χ4n) is 1.60. The summed E-state index contributed by atoms with van der Waals surface area (Å²) in [5, 5.41) is 0. The Balaban J connectivity index is 2.43. The highest BCUT2D eigenvalue weighted by atomic mass is 16.5. The van der Waals surface area contributed by atoms with Crippen LogP contribution in [-0.2, 0) is 20.7 Å². The molecule has 1 aromatic rings. The van der Waals surface area contributed by atoms with Gasteiger partial charge in [-0.05, 0) is 31.0 Å². The van der Waals surface area contributed by atoms with Gasteiger partial charge in [-0.2, -0.15) is 0 Å². The molecule has 0 aromatic heterocycles. The van der Waals surface area contributed by atoms with Gasteiger partial charge in [-0.3, -0.25) is 9.59 Å². The van der Waals surface area contributed by atoms with Crippen LogP contribution in [0.15, 0.2) is 24.3 Å². The monoisotopic (exact) mass is 279 g/mol. The minimum atomic E-state index is -0.420. The summed E-state index contributed by atoms with van der Waals surface area (Å²) in [6.07, 6.45) is 0.911. The summed E-state index contributed by atoms with van der Waals surface area (Å²) < 4.78 is 10.2. The maximum absolute atomic E-state index is 11.8. The van der Waals surface area contributed by atoms with E-state index in [-0.39, 0.29) is 19.1 Å². The first-order valence-corrected chi connectivity index (χ1v) is 6.68. The van der Waals surface area contributed by atoms with E-state index in [4.69, 9.17) is 9.47 Å². The number of carbonyl (C=O) groups excluding carboxylic acids is 2. The van der Waals surface area contributed by atoms with Gasteiger partial charge in [-0.15, -0.1) is 0 Å². The number of amides is 1. The fraction of sp³-hybridized carbons (Fsp3) is 0.467. The smallest absolute Gasteiger partial charge is 0.325 e. The van der Waals surface area contributed by atoms with E-state index in [0.29, 0.717) is 12.4 Å². The normalized spacial score (nSPS) is 9.95. The Bertz CT molecular complexity index is 459. The molecule has 0 unspecified atom stereocenters. The molecule has 20 heavy (non-hydrogen) atoms. The molecule has 0 radical (unpaired) electrons. The molecule has 110 valence electrons. The molecule has 0 spiro atoms. The molecule has 0 saturated heterocycles. The number of benzene rings is 1. The second-order valence-corrected chi connectivity index (χ2v) is 4.34. The van der Waals surface area contributed by atoms with E-state index in [9.17, 15) is 9.59 Å². The first-order valence-electron chi connectivity index (χ1n) is 6.68. The Morgan fingerprint density at radius 1 is 1.25 bits per heavy atom. The molecule has 0 heterocycles. The average molecular weight is 279 g/mol. The molecule has 5 nitrogen and oxygen atoms in total. The predicted octanol–water partition coefficient (Wildman–Crippen LogP) is 1.65. The topological polar surface area (TPSA) is 55.8 Å². The Hall–Kier alpha value is -2.04. The second-order valence-electron chi connectivity index (χ2n) is 4.34. The molecular weight excluding hydrogens is 258 g/mol. The van der Waals surface area contributed by atoms with Gasteiger partial charge in [0.25, 0.3) is 5.91 Å². The van der Waals surface area contributed by atoms with E-state index in [1.165, 1.54) is 4.90 Å². The van der Waals surface area contributed by atoms with Gasteiger partial charge in [0.1, 0.15) is 12.3 Å². The summed E-state index contributed by atoms with van der Waals surface area (Å²) in [6.45, 7) is 3.93. The van der Waals surface area contributed by atoms with Crippen molar-refractivity contribution in [3.8, 4) is 5.75 Å². The number of aryl methyl sites for hydroxylation is 1. The summed E-state index contributed by atoms with van der Waals surface area (Å²) in [4.78, 5) is 24.4. The molecule has 5 heteroatoms. The number of carbonyl (C=O) groups is 2. The van der Waals surface area contributed by atoms with Gasteiger partial charge in [0, 0.05) is 7.05 Å². The minimum absolute atomic E-state index is 0.0645. The lowest BCUT2D eigenvalue weighted by atomic mass is 10.2. The standard InChI is InChI=1S/C15H21NO4/c1-4-12-7-6-8-13(9-12)20-11-14(17)16(3)10-15(18)19-5-2/h6-9H,4-5,10-11H2,1-3H3. The van der Waals surface area contributed by atoms with Crippen molar-refractivity contribution in [2.24, 2.45) is 0 Å². The van der Waals surface area contributed by atoms with Crippen molar-refractivity contribution < 1.29 is 19.1 Å². The zero-order chi connectivity index (χ0) is 15.0. The third-order valence-electron chi connectivity index (χ3n) is 2.77. The number of likely N-dealkylation sites (N-methyl/N-ethyl adjacent to an activating group) is 1. The van der Waals surface area contributed by atoms with E-state index >= 15 is 0 Å². The average Bonchev–Trinajstić information content (AvgIpc) is 2.45. The molecule has 1 amide bonds. The van der Waals surface area contributed by atoms with Gasteiger partial charge < -0.3 is 14.4 Å². The molecule has 0 aliphatic heterocycles. The predicted molar refractivity (Wildman–Crippen MR) is 75.6 cm³/mol. The summed E-state index contributed by atoms with van der Waals surface area (Å²) in [5.74, 6) is -0.0291. The van der Waals surface area contributed by atoms with Crippen LogP contribution in [0.1, 0.15) is 19.4 Å². The number of esters is 1. The fourth-order valence-corrected chi connectivity index (χ4v) is 1.60. The lowest BCUT2D eigenvalue weighted by molar-refractivity contribution is -0.148. The van der Waals surface area contributed by atoms with Crippen LogP contribution < -0.4 is 4.74 Å². The molecule has 0 saturated carbocycles. The van der Waals surface area contributed by atoms with Crippen molar-refractivity contribution in [3.05, 3.63) is 29.8 Å². The number of ether oxygens (including phenoxy) is 2. The summed E-state index contributed by atoms with van der Waals surface area (Å²) >= 11 is 0. The van der Waals surface area contributed by atoms with Crippen molar-refractivity contribution >= 4 is 11.9 Å². The maximum atomic E-state index is 11.8. The third-order valence-corrected chi connectivity index (χ3v) is 2.77. The zero-order valence-corrected chi connectivity index (χ0v) is 12.2. The highest BCUT2D eigenvalue weighted by molar-refractivity contribution is 5.82. The molecule has 0 fully saturated rings. The van der Waals surface area contributed by atoms with Crippen molar-refractivity contribution in [2.75, 3.05) is 26.8 Å². The van der Waals surface area contributed by atoms with Gasteiger partial charge >= 0.3 is 5.97 Å². The lowest BCUT2D eigenvalue weighted by Gasteiger charge is -2.16. The van der Waals surface area contributed by atoms with Crippen molar-refractivity contribution in [1.29, 1.82) is 0 Å². The Labute approximate surface area is 119 Å². The maximum Gasteiger partial charge on any atom is 0.325 e. The summed E-state index contributed by atoms with van der Waals surface area (Å²) in [6, 6.07) is 7.60.